The maximum Gasteiger partial charge on any atom is 0.0407 e. The largest absolute Gasteiger partial charge is 0.0843 e. The van der Waals surface area contributed by atoms with Gasteiger partial charge in [0.05, 0.1) is 0 Å². The zero-order chi connectivity index (χ0) is 10.2. The molecular formula is C12H10Cl2. The fourth-order valence-electron chi connectivity index (χ4n) is 0.814. The molecule has 0 saturated carbocycles. The number of halogens is 2. The van der Waals surface area contributed by atoms with Crippen molar-refractivity contribution in [2.45, 2.75) is 0 Å². The molecule has 14 heavy (non-hydrogen) atoms. The molecule has 0 aliphatic carbocycles. The SMILES string of the molecule is Clc1ccc(Cl)cc1.c1ccccc1. The van der Waals surface area contributed by atoms with Gasteiger partial charge in [-0.25, -0.2) is 0 Å². The van der Waals surface area contributed by atoms with E-state index in [1.165, 1.54) is 0 Å². The van der Waals surface area contributed by atoms with Gasteiger partial charge in [-0.05, 0) is 24.3 Å². The van der Waals surface area contributed by atoms with Crippen LogP contribution in [0.2, 0.25) is 10.0 Å². The Morgan fingerprint density at radius 3 is 0.929 bits per heavy atom. The lowest BCUT2D eigenvalue weighted by molar-refractivity contribution is 1.71. The molecule has 0 radical (unpaired) electrons. The molecule has 0 amide bonds. The smallest absolute Gasteiger partial charge is 0.0407 e. The molecule has 0 saturated heterocycles. The first-order valence-electron chi connectivity index (χ1n) is 4.20. The highest BCUT2D eigenvalue weighted by Gasteiger charge is 1.83. The predicted molar refractivity (Wildman–Crippen MR) is 62.9 cm³/mol. The Balaban J connectivity index is 0.000000146. The Morgan fingerprint density at radius 1 is 0.500 bits per heavy atom. The predicted octanol–water partition coefficient (Wildman–Crippen LogP) is 4.68. The van der Waals surface area contributed by atoms with Crippen LogP contribution in [0.1, 0.15) is 0 Å². The van der Waals surface area contributed by atoms with Gasteiger partial charge in [0.15, 0.2) is 0 Å². The maximum absolute atomic E-state index is 5.55. The molecule has 0 fully saturated rings. The van der Waals surface area contributed by atoms with Gasteiger partial charge in [0, 0.05) is 10.0 Å². The highest BCUT2D eigenvalue weighted by atomic mass is 35.5. The Morgan fingerprint density at radius 2 is 0.714 bits per heavy atom. The fourth-order valence-corrected chi connectivity index (χ4v) is 1.07. The van der Waals surface area contributed by atoms with Crippen LogP contribution >= 0.6 is 23.2 Å². The van der Waals surface area contributed by atoms with Gasteiger partial charge in [-0.15, -0.1) is 0 Å². The van der Waals surface area contributed by atoms with Crippen LogP contribution in [0.3, 0.4) is 0 Å². The van der Waals surface area contributed by atoms with Crippen molar-refractivity contribution in [1.82, 2.24) is 0 Å². The Hall–Kier alpha value is -0.980. The molecule has 2 aromatic carbocycles. The van der Waals surface area contributed by atoms with Crippen molar-refractivity contribution in [3.8, 4) is 0 Å². The van der Waals surface area contributed by atoms with Gasteiger partial charge >= 0.3 is 0 Å². The number of benzene rings is 2. The molecule has 0 heterocycles. The van der Waals surface area contributed by atoms with Crippen molar-refractivity contribution in [3.05, 3.63) is 70.7 Å². The van der Waals surface area contributed by atoms with Crippen molar-refractivity contribution >= 4 is 23.2 Å². The van der Waals surface area contributed by atoms with E-state index in [1.54, 1.807) is 24.3 Å². The molecule has 0 atom stereocenters. The Bertz CT molecular complexity index is 293. The molecule has 0 aliphatic heterocycles. The van der Waals surface area contributed by atoms with Crippen molar-refractivity contribution < 1.29 is 0 Å². The molecule has 2 rings (SSSR count). The molecule has 2 heteroatoms. The average Bonchev–Trinajstić information content (AvgIpc) is 2.26. The summed E-state index contributed by atoms with van der Waals surface area (Å²) >= 11 is 11.1. The maximum atomic E-state index is 5.55. The molecule has 0 aromatic heterocycles. The minimum Gasteiger partial charge on any atom is -0.0843 e. The third kappa shape index (κ3) is 4.90. The Kier molecular flexibility index (Phi) is 5.13. The summed E-state index contributed by atoms with van der Waals surface area (Å²) in [5, 5.41) is 1.43. The van der Waals surface area contributed by atoms with Crippen LogP contribution in [0, 0.1) is 0 Å². The van der Waals surface area contributed by atoms with Crippen LogP contribution < -0.4 is 0 Å². The second-order valence-corrected chi connectivity index (χ2v) is 3.46. The lowest BCUT2D eigenvalue weighted by Gasteiger charge is -1.86. The fraction of sp³-hybridized carbons (Fsp3) is 0. The summed E-state index contributed by atoms with van der Waals surface area (Å²) in [6.45, 7) is 0. The summed E-state index contributed by atoms with van der Waals surface area (Å²) in [6, 6.07) is 19.0. The number of hydrogen-bond acceptors (Lipinski definition) is 0. The van der Waals surface area contributed by atoms with Crippen molar-refractivity contribution in [2.24, 2.45) is 0 Å². The third-order valence-corrected chi connectivity index (χ3v) is 1.97. The molecule has 0 bridgehead atoms. The van der Waals surface area contributed by atoms with Crippen molar-refractivity contribution in [2.75, 3.05) is 0 Å². The third-order valence-electron chi connectivity index (χ3n) is 1.47. The lowest BCUT2D eigenvalue weighted by Crippen LogP contribution is -1.60. The minimum absolute atomic E-state index is 0.717. The van der Waals surface area contributed by atoms with Crippen molar-refractivity contribution in [3.63, 3.8) is 0 Å². The first-order chi connectivity index (χ1) is 6.79. The van der Waals surface area contributed by atoms with E-state index in [0.717, 1.165) is 10.0 Å². The number of rotatable bonds is 0. The van der Waals surface area contributed by atoms with Gasteiger partial charge < -0.3 is 0 Å². The highest BCUT2D eigenvalue weighted by molar-refractivity contribution is 6.32. The van der Waals surface area contributed by atoms with Crippen LogP contribution in [0.15, 0.2) is 60.7 Å². The summed E-state index contributed by atoms with van der Waals surface area (Å²) in [5.74, 6) is 0. The minimum atomic E-state index is 0.717. The van der Waals surface area contributed by atoms with E-state index in [0.29, 0.717) is 0 Å². The molecule has 72 valence electrons. The molecule has 0 unspecified atom stereocenters. The summed E-state index contributed by atoms with van der Waals surface area (Å²) in [5.41, 5.74) is 0. The van der Waals surface area contributed by atoms with E-state index < -0.39 is 0 Å². The highest BCUT2D eigenvalue weighted by Crippen LogP contribution is 2.12. The van der Waals surface area contributed by atoms with Crippen LogP contribution in [0.4, 0.5) is 0 Å². The van der Waals surface area contributed by atoms with E-state index in [1.807, 2.05) is 36.4 Å². The van der Waals surface area contributed by atoms with Crippen LogP contribution in [-0.2, 0) is 0 Å². The molecule has 2 aromatic rings. The van der Waals surface area contributed by atoms with Crippen molar-refractivity contribution in [1.29, 1.82) is 0 Å². The van der Waals surface area contributed by atoms with Gasteiger partial charge in [-0.2, -0.15) is 0 Å². The van der Waals surface area contributed by atoms with E-state index in [-0.39, 0.29) is 0 Å². The molecular weight excluding hydrogens is 215 g/mol. The quantitative estimate of drug-likeness (QED) is 0.610. The van der Waals surface area contributed by atoms with Gasteiger partial charge in [-0.3, -0.25) is 0 Å². The molecule has 0 spiro atoms. The standard InChI is InChI=1S/C6H4Cl2.C6H6/c7-5-1-2-6(8)4-3-5;1-2-4-6-5-3-1/h1-4H;1-6H. The van der Waals surface area contributed by atoms with Crippen LogP contribution in [-0.4, -0.2) is 0 Å². The van der Waals surface area contributed by atoms with Gasteiger partial charge in [0.1, 0.15) is 0 Å². The average molecular weight is 225 g/mol. The molecule has 0 aliphatic rings. The zero-order valence-electron chi connectivity index (χ0n) is 7.53. The monoisotopic (exact) mass is 224 g/mol. The van der Waals surface area contributed by atoms with Gasteiger partial charge in [0.2, 0.25) is 0 Å². The normalized spacial score (nSPS) is 8.71. The van der Waals surface area contributed by atoms with E-state index in [9.17, 15) is 0 Å². The summed E-state index contributed by atoms with van der Waals surface area (Å²) in [7, 11) is 0. The first-order valence-corrected chi connectivity index (χ1v) is 4.96. The number of hydrogen-bond donors (Lipinski definition) is 0. The van der Waals surface area contributed by atoms with E-state index >= 15 is 0 Å². The van der Waals surface area contributed by atoms with Gasteiger partial charge in [-0.1, -0.05) is 59.6 Å². The topological polar surface area (TPSA) is 0 Å². The van der Waals surface area contributed by atoms with Crippen LogP contribution in [0.25, 0.3) is 0 Å². The summed E-state index contributed by atoms with van der Waals surface area (Å²) < 4.78 is 0. The first kappa shape index (κ1) is 11.1. The van der Waals surface area contributed by atoms with Crippen LogP contribution in [0.5, 0.6) is 0 Å². The summed E-state index contributed by atoms with van der Waals surface area (Å²) in [6.07, 6.45) is 0. The van der Waals surface area contributed by atoms with E-state index in [4.69, 9.17) is 23.2 Å². The second kappa shape index (κ2) is 6.47. The zero-order valence-corrected chi connectivity index (χ0v) is 9.04. The molecule has 0 nitrogen and oxygen atoms in total. The summed E-state index contributed by atoms with van der Waals surface area (Å²) in [4.78, 5) is 0. The van der Waals surface area contributed by atoms with Gasteiger partial charge in [0.25, 0.3) is 0 Å². The van der Waals surface area contributed by atoms with E-state index in [2.05, 4.69) is 0 Å². The molecule has 0 N–H and O–H groups in total. The second-order valence-electron chi connectivity index (χ2n) is 2.59. The lowest BCUT2D eigenvalue weighted by atomic mass is 10.4. The Labute approximate surface area is 94.1 Å².